The van der Waals surface area contributed by atoms with Gasteiger partial charge in [-0.15, -0.1) is 0 Å². The second kappa shape index (κ2) is 3.84. The Kier molecular flexibility index (Phi) is 2.55. The molecule has 14 heavy (non-hydrogen) atoms. The van der Waals surface area contributed by atoms with Crippen LogP contribution in [0, 0.1) is 6.92 Å². The number of aromatic nitrogens is 2. The summed E-state index contributed by atoms with van der Waals surface area (Å²) in [7, 11) is 0. The van der Waals surface area contributed by atoms with Crippen LogP contribution in [0.2, 0.25) is 5.28 Å². The highest BCUT2D eigenvalue weighted by Crippen LogP contribution is 2.12. The van der Waals surface area contributed by atoms with Crippen LogP contribution in [0.25, 0.3) is 0 Å². The van der Waals surface area contributed by atoms with Crippen molar-refractivity contribution < 1.29 is 0 Å². The van der Waals surface area contributed by atoms with Gasteiger partial charge in [0.2, 0.25) is 5.28 Å². The Morgan fingerprint density at radius 3 is 2.57 bits per heavy atom. The summed E-state index contributed by atoms with van der Waals surface area (Å²) in [5, 5.41) is 0.548. The third kappa shape index (κ3) is 1.80. The first-order chi connectivity index (χ1) is 6.77. The number of hydrogen-bond donors (Lipinski definition) is 0. The summed E-state index contributed by atoms with van der Waals surface area (Å²) < 4.78 is 1.98. The van der Waals surface area contributed by atoms with Crippen LogP contribution in [0.1, 0.15) is 11.3 Å². The van der Waals surface area contributed by atoms with Crippen molar-refractivity contribution in [2.45, 2.75) is 13.5 Å². The molecule has 2 rings (SSSR count). The molecule has 2 nitrogen and oxygen atoms in total. The third-order valence-corrected chi connectivity index (χ3v) is 2.49. The average Bonchev–Trinajstić information content (AvgIpc) is 2.51. The molecule has 0 bridgehead atoms. The van der Waals surface area contributed by atoms with Gasteiger partial charge in [-0.3, -0.25) is 0 Å². The zero-order valence-electron chi connectivity index (χ0n) is 7.94. The SMILES string of the molecule is Cc1cnc(Cl)n1Cc1ccccc1. The summed E-state index contributed by atoms with van der Waals surface area (Å²) in [4.78, 5) is 4.04. The summed E-state index contributed by atoms with van der Waals surface area (Å²) in [5.74, 6) is 0. The number of imidazole rings is 1. The number of nitrogens with zero attached hydrogens (tertiary/aromatic N) is 2. The van der Waals surface area contributed by atoms with Crippen molar-refractivity contribution in [3.05, 3.63) is 53.1 Å². The summed E-state index contributed by atoms with van der Waals surface area (Å²) >= 11 is 5.95. The number of benzene rings is 1. The number of halogens is 1. The van der Waals surface area contributed by atoms with Crippen LogP contribution in [0.15, 0.2) is 36.5 Å². The third-order valence-electron chi connectivity index (χ3n) is 2.19. The molecule has 0 aliphatic carbocycles. The second-order valence-electron chi connectivity index (χ2n) is 3.24. The Hall–Kier alpha value is -1.28. The van der Waals surface area contributed by atoms with E-state index in [1.54, 1.807) is 6.20 Å². The highest BCUT2D eigenvalue weighted by molar-refractivity contribution is 6.28. The van der Waals surface area contributed by atoms with Crippen LogP contribution >= 0.6 is 11.6 Å². The van der Waals surface area contributed by atoms with E-state index < -0.39 is 0 Å². The molecule has 1 aromatic heterocycles. The maximum absolute atomic E-state index is 5.95. The summed E-state index contributed by atoms with van der Waals surface area (Å²) in [6.07, 6.45) is 1.78. The van der Waals surface area contributed by atoms with E-state index in [2.05, 4.69) is 17.1 Å². The van der Waals surface area contributed by atoms with Gasteiger partial charge in [-0.25, -0.2) is 4.98 Å². The fourth-order valence-corrected chi connectivity index (χ4v) is 1.63. The molecule has 1 aromatic carbocycles. The van der Waals surface area contributed by atoms with E-state index in [1.807, 2.05) is 29.7 Å². The normalized spacial score (nSPS) is 10.4. The van der Waals surface area contributed by atoms with Gasteiger partial charge in [0.1, 0.15) is 0 Å². The second-order valence-corrected chi connectivity index (χ2v) is 3.58. The van der Waals surface area contributed by atoms with E-state index in [-0.39, 0.29) is 0 Å². The first-order valence-corrected chi connectivity index (χ1v) is 4.87. The maximum atomic E-state index is 5.95. The average molecular weight is 207 g/mol. The predicted octanol–water partition coefficient (Wildman–Crippen LogP) is 2.89. The van der Waals surface area contributed by atoms with Crippen molar-refractivity contribution in [1.29, 1.82) is 0 Å². The molecule has 0 amide bonds. The van der Waals surface area contributed by atoms with E-state index in [1.165, 1.54) is 5.56 Å². The van der Waals surface area contributed by atoms with E-state index >= 15 is 0 Å². The van der Waals surface area contributed by atoms with E-state index in [0.717, 1.165) is 12.2 Å². The van der Waals surface area contributed by atoms with Gasteiger partial charge in [0, 0.05) is 11.9 Å². The van der Waals surface area contributed by atoms with Crippen LogP contribution in [0.3, 0.4) is 0 Å². The first-order valence-electron chi connectivity index (χ1n) is 4.49. The Morgan fingerprint density at radius 2 is 2.00 bits per heavy atom. The fraction of sp³-hybridized carbons (Fsp3) is 0.182. The molecule has 0 saturated carbocycles. The van der Waals surface area contributed by atoms with Gasteiger partial charge in [0.05, 0.1) is 6.54 Å². The quantitative estimate of drug-likeness (QED) is 0.739. The monoisotopic (exact) mass is 206 g/mol. The minimum atomic E-state index is 0.548. The van der Waals surface area contributed by atoms with Gasteiger partial charge < -0.3 is 4.57 Å². The molecular formula is C11H11ClN2. The van der Waals surface area contributed by atoms with Crippen molar-refractivity contribution in [2.24, 2.45) is 0 Å². The zero-order chi connectivity index (χ0) is 9.97. The molecule has 0 aliphatic heterocycles. The van der Waals surface area contributed by atoms with Crippen LogP contribution in [-0.4, -0.2) is 9.55 Å². The van der Waals surface area contributed by atoms with Crippen molar-refractivity contribution in [2.75, 3.05) is 0 Å². The summed E-state index contributed by atoms with van der Waals surface area (Å²) in [6, 6.07) is 10.2. The molecule has 0 saturated heterocycles. The Morgan fingerprint density at radius 1 is 1.29 bits per heavy atom. The highest BCUT2D eigenvalue weighted by Gasteiger charge is 2.03. The lowest BCUT2D eigenvalue weighted by Gasteiger charge is -2.06. The topological polar surface area (TPSA) is 17.8 Å². The van der Waals surface area contributed by atoms with Gasteiger partial charge in [0.15, 0.2) is 0 Å². The minimum Gasteiger partial charge on any atom is -0.315 e. The molecule has 0 fully saturated rings. The number of rotatable bonds is 2. The van der Waals surface area contributed by atoms with Gasteiger partial charge in [-0.2, -0.15) is 0 Å². The molecule has 3 heteroatoms. The molecule has 1 heterocycles. The summed E-state index contributed by atoms with van der Waals surface area (Å²) in [6.45, 7) is 2.79. The Labute approximate surface area is 88.2 Å². The van der Waals surface area contributed by atoms with Gasteiger partial charge in [-0.05, 0) is 24.1 Å². The van der Waals surface area contributed by atoms with Gasteiger partial charge in [-0.1, -0.05) is 30.3 Å². The Bertz CT molecular complexity index is 401. The smallest absolute Gasteiger partial charge is 0.203 e. The molecule has 0 aliphatic rings. The summed E-state index contributed by atoms with van der Waals surface area (Å²) in [5.41, 5.74) is 2.31. The van der Waals surface area contributed by atoms with Crippen molar-refractivity contribution in [1.82, 2.24) is 9.55 Å². The molecule has 72 valence electrons. The largest absolute Gasteiger partial charge is 0.315 e. The molecule has 0 unspecified atom stereocenters. The van der Waals surface area contributed by atoms with Crippen LogP contribution < -0.4 is 0 Å². The molecular weight excluding hydrogens is 196 g/mol. The van der Waals surface area contributed by atoms with Crippen LogP contribution in [0.4, 0.5) is 0 Å². The Balaban J connectivity index is 2.27. The molecule has 2 aromatic rings. The molecule has 0 N–H and O–H groups in total. The molecule has 0 atom stereocenters. The number of hydrogen-bond acceptors (Lipinski definition) is 1. The van der Waals surface area contributed by atoms with Crippen LogP contribution in [0.5, 0.6) is 0 Å². The van der Waals surface area contributed by atoms with Crippen molar-refractivity contribution in [3.63, 3.8) is 0 Å². The standard InChI is InChI=1S/C11H11ClN2/c1-9-7-13-11(12)14(9)8-10-5-3-2-4-6-10/h2-7H,8H2,1H3. The van der Waals surface area contributed by atoms with E-state index in [4.69, 9.17) is 11.6 Å². The number of aryl methyl sites for hydroxylation is 1. The van der Waals surface area contributed by atoms with Gasteiger partial charge in [0.25, 0.3) is 0 Å². The van der Waals surface area contributed by atoms with E-state index in [9.17, 15) is 0 Å². The van der Waals surface area contributed by atoms with E-state index in [0.29, 0.717) is 5.28 Å². The van der Waals surface area contributed by atoms with Crippen molar-refractivity contribution >= 4 is 11.6 Å². The maximum Gasteiger partial charge on any atom is 0.203 e. The highest BCUT2D eigenvalue weighted by atomic mass is 35.5. The first kappa shape index (κ1) is 9.28. The lowest BCUT2D eigenvalue weighted by molar-refractivity contribution is 0.771. The van der Waals surface area contributed by atoms with Crippen molar-refractivity contribution in [3.8, 4) is 0 Å². The lowest BCUT2D eigenvalue weighted by atomic mass is 10.2. The lowest BCUT2D eigenvalue weighted by Crippen LogP contribution is -2.01. The minimum absolute atomic E-state index is 0.548. The van der Waals surface area contributed by atoms with Crippen LogP contribution in [-0.2, 0) is 6.54 Å². The van der Waals surface area contributed by atoms with Gasteiger partial charge >= 0.3 is 0 Å². The predicted molar refractivity (Wildman–Crippen MR) is 57.5 cm³/mol. The molecule has 0 radical (unpaired) electrons. The fourth-order valence-electron chi connectivity index (χ4n) is 1.39. The zero-order valence-corrected chi connectivity index (χ0v) is 8.70. The molecule has 0 spiro atoms.